The summed E-state index contributed by atoms with van der Waals surface area (Å²) in [5.74, 6) is 0.584. The van der Waals surface area contributed by atoms with Gasteiger partial charge in [0.1, 0.15) is 17.9 Å². The van der Waals surface area contributed by atoms with Crippen LogP contribution in [0.2, 0.25) is 5.02 Å². The van der Waals surface area contributed by atoms with Crippen molar-refractivity contribution in [1.29, 1.82) is 0 Å². The number of fused-ring (bicyclic) bond motifs is 1. The number of phenols is 1. The van der Waals surface area contributed by atoms with Gasteiger partial charge in [0.15, 0.2) is 0 Å². The van der Waals surface area contributed by atoms with Gasteiger partial charge in [-0.05, 0) is 53.6 Å². The first kappa shape index (κ1) is 25.2. The summed E-state index contributed by atoms with van der Waals surface area (Å²) in [5.41, 5.74) is 3.18. The number of anilines is 2. The summed E-state index contributed by atoms with van der Waals surface area (Å²) < 4.78 is 32.5. The number of morpholine rings is 1. The van der Waals surface area contributed by atoms with Crippen LogP contribution in [-0.4, -0.2) is 54.1 Å². The molecule has 5 rings (SSSR count). The molecule has 0 unspecified atom stereocenters. The van der Waals surface area contributed by atoms with Gasteiger partial charge in [0.25, 0.3) is 0 Å². The van der Waals surface area contributed by atoms with Gasteiger partial charge in [-0.25, -0.2) is 18.4 Å². The molecule has 1 fully saturated rings. The normalized spacial score (nSPS) is 14.4. The lowest BCUT2D eigenvalue weighted by Crippen LogP contribution is -2.40. The van der Waals surface area contributed by atoms with Crippen LogP contribution in [-0.2, 0) is 14.8 Å². The molecule has 0 aliphatic carbocycles. The van der Waals surface area contributed by atoms with Crippen LogP contribution in [0.5, 0.6) is 5.75 Å². The molecule has 1 aromatic heterocycles. The van der Waals surface area contributed by atoms with Crippen LogP contribution in [0.25, 0.3) is 22.0 Å². The largest absolute Gasteiger partial charge is 0.506 e. The Hall–Kier alpha value is -2.95. The van der Waals surface area contributed by atoms with Crippen LogP contribution in [0, 0.1) is 0 Å². The van der Waals surface area contributed by atoms with Crippen molar-refractivity contribution in [2.45, 2.75) is 4.90 Å². The van der Waals surface area contributed by atoms with Crippen molar-refractivity contribution in [1.82, 2.24) is 14.3 Å². The molecule has 0 atom stereocenters. The van der Waals surface area contributed by atoms with Crippen molar-refractivity contribution in [3.05, 3.63) is 72.0 Å². The average Bonchev–Trinajstić information content (AvgIpc) is 2.87. The molecule has 3 aromatic carbocycles. The van der Waals surface area contributed by atoms with E-state index in [1.807, 2.05) is 18.2 Å². The third-order valence-corrected chi connectivity index (χ3v) is 7.86. The van der Waals surface area contributed by atoms with E-state index in [0.717, 1.165) is 22.0 Å². The van der Waals surface area contributed by atoms with E-state index in [9.17, 15) is 13.5 Å². The predicted molar refractivity (Wildman–Crippen MR) is 138 cm³/mol. The summed E-state index contributed by atoms with van der Waals surface area (Å²) >= 11 is 6.02. The molecule has 0 saturated carbocycles. The predicted octanol–water partition coefficient (Wildman–Crippen LogP) is 4.84. The number of sulfonamides is 1. The minimum Gasteiger partial charge on any atom is -0.506 e. The van der Waals surface area contributed by atoms with E-state index in [2.05, 4.69) is 15.3 Å². The Bertz CT molecular complexity index is 1460. The molecule has 0 radical (unpaired) electrons. The molecule has 0 spiro atoms. The monoisotopic (exact) mass is 532 g/mol. The second-order valence-electron chi connectivity index (χ2n) is 7.79. The lowest BCUT2D eigenvalue weighted by Gasteiger charge is -2.26. The molecule has 35 heavy (non-hydrogen) atoms. The first-order valence-electron chi connectivity index (χ1n) is 10.6. The van der Waals surface area contributed by atoms with E-state index in [1.54, 1.807) is 36.4 Å². The molecule has 2 N–H and O–H groups in total. The Kier molecular flexibility index (Phi) is 7.44. The molecule has 0 bridgehead atoms. The highest BCUT2D eigenvalue weighted by atomic mass is 35.5. The zero-order valence-corrected chi connectivity index (χ0v) is 20.8. The molecule has 1 saturated heterocycles. The van der Waals surface area contributed by atoms with Gasteiger partial charge in [-0.15, -0.1) is 12.4 Å². The third-order valence-electron chi connectivity index (χ3n) is 5.64. The van der Waals surface area contributed by atoms with Crippen LogP contribution < -0.4 is 5.32 Å². The average molecular weight is 533 g/mol. The fraction of sp³-hybridized carbons (Fsp3) is 0.167. The van der Waals surface area contributed by atoms with Gasteiger partial charge in [0.05, 0.1) is 28.6 Å². The highest BCUT2D eigenvalue weighted by Crippen LogP contribution is 2.32. The Morgan fingerprint density at radius 1 is 0.943 bits per heavy atom. The molecule has 1 aliphatic rings. The SMILES string of the molecule is Cl.O=S(=O)(c1ccc(-c2ccc3ncnc(Nc4ccc(O)c(Cl)c4)c3c2)cc1)N1CCOCC1. The number of nitrogens with one attached hydrogen (secondary N) is 1. The number of rotatable bonds is 5. The number of hydrogen-bond acceptors (Lipinski definition) is 7. The van der Waals surface area contributed by atoms with Crippen molar-refractivity contribution in [2.75, 3.05) is 31.6 Å². The molecule has 1 aliphatic heterocycles. The quantitative estimate of drug-likeness (QED) is 0.354. The summed E-state index contributed by atoms with van der Waals surface area (Å²) in [6.07, 6.45) is 1.47. The van der Waals surface area contributed by atoms with Crippen LogP contribution in [0.4, 0.5) is 11.5 Å². The fourth-order valence-electron chi connectivity index (χ4n) is 3.81. The van der Waals surface area contributed by atoms with Gasteiger partial charge in [-0.3, -0.25) is 0 Å². The Labute approximate surface area is 214 Å². The van der Waals surface area contributed by atoms with E-state index >= 15 is 0 Å². The Morgan fingerprint density at radius 3 is 2.37 bits per heavy atom. The number of nitrogens with zero attached hydrogens (tertiary/aromatic N) is 3. The topological polar surface area (TPSA) is 105 Å². The first-order valence-corrected chi connectivity index (χ1v) is 12.4. The summed E-state index contributed by atoms with van der Waals surface area (Å²) in [6, 6.07) is 17.4. The zero-order chi connectivity index (χ0) is 23.7. The maximum absolute atomic E-state index is 12.9. The van der Waals surface area contributed by atoms with Crippen molar-refractivity contribution in [2.24, 2.45) is 0 Å². The highest BCUT2D eigenvalue weighted by Gasteiger charge is 2.26. The van der Waals surface area contributed by atoms with Crippen LogP contribution in [0.3, 0.4) is 0 Å². The van der Waals surface area contributed by atoms with E-state index < -0.39 is 10.0 Å². The van der Waals surface area contributed by atoms with Crippen molar-refractivity contribution >= 4 is 56.4 Å². The van der Waals surface area contributed by atoms with Crippen LogP contribution >= 0.6 is 24.0 Å². The van der Waals surface area contributed by atoms with Gasteiger partial charge in [0.2, 0.25) is 10.0 Å². The lowest BCUT2D eigenvalue weighted by atomic mass is 10.0. The molecule has 0 amide bonds. The maximum atomic E-state index is 12.9. The number of hydrogen-bond donors (Lipinski definition) is 2. The van der Waals surface area contributed by atoms with Gasteiger partial charge in [-0.1, -0.05) is 29.8 Å². The summed E-state index contributed by atoms with van der Waals surface area (Å²) in [6.45, 7) is 1.53. The number of aromatic hydroxyl groups is 1. The van der Waals surface area contributed by atoms with Gasteiger partial charge in [-0.2, -0.15) is 4.31 Å². The molecular formula is C24H22Cl2N4O4S. The molecule has 2 heterocycles. The van der Waals surface area contributed by atoms with Gasteiger partial charge >= 0.3 is 0 Å². The third kappa shape index (κ3) is 5.19. The van der Waals surface area contributed by atoms with Gasteiger partial charge < -0.3 is 15.2 Å². The molecular weight excluding hydrogens is 511 g/mol. The number of ether oxygens (including phenoxy) is 1. The summed E-state index contributed by atoms with van der Waals surface area (Å²) in [5, 5.41) is 13.9. The number of benzene rings is 3. The molecule has 8 nitrogen and oxygen atoms in total. The van der Waals surface area contributed by atoms with Crippen LogP contribution in [0.15, 0.2) is 71.9 Å². The summed E-state index contributed by atoms with van der Waals surface area (Å²) in [7, 11) is -3.55. The van der Waals surface area contributed by atoms with E-state index in [4.69, 9.17) is 16.3 Å². The smallest absolute Gasteiger partial charge is 0.243 e. The number of halogens is 2. The molecule has 182 valence electrons. The van der Waals surface area contributed by atoms with Crippen molar-refractivity contribution in [3.8, 4) is 16.9 Å². The van der Waals surface area contributed by atoms with Crippen LogP contribution in [0.1, 0.15) is 0 Å². The standard InChI is InChI=1S/C24H21ClN4O4S.ClH/c25-21-14-18(4-8-23(21)30)28-24-20-13-17(3-7-22(20)26-15-27-24)16-1-5-19(6-2-16)34(31,32)29-9-11-33-12-10-29;/h1-8,13-15,30H,9-12H2,(H,26,27,28);1H. The summed E-state index contributed by atoms with van der Waals surface area (Å²) in [4.78, 5) is 8.96. The van der Waals surface area contributed by atoms with Gasteiger partial charge in [0, 0.05) is 24.2 Å². The van der Waals surface area contributed by atoms with E-state index in [0.29, 0.717) is 37.8 Å². The Morgan fingerprint density at radius 2 is 1.66 bits per heavy atom. The lowest BCUT2D eigenvalue weighted by molar-refractivity contribution is 0.0730. The second kappa shape index (κ2) is 10.3. The minimum absolute atomic E-state index is 0. The second-order valence-corrected chi connectivity index (χ2v) is 10.1. The minimum atomic E-state index is -3.55. The fourth-order valence-corrected chi connectivity index (χ4v) is 5.40. The van der Waals surface area contributed by atoms with Crippen molar-refractivity contribution in [3.63, 3.8) is 0 Å². The number of phenolic OH excluding ortho intramolecular Hbond substituents is 1. The number of aromatic nitrogens is 2. The Balaban J connectivity index is 0.00000289. The highest BCUT2D eigenvalue weighted by molar-refractivity contribution is 7.89. The van der Waals surface area contributed by atoms with Crippen molar-refractivity contribution < 1.29 is 18.3 Å². The first-order chi connectivity index (χ1) is 16.4. The van der Waals surface area contributed by atoms with E-state index in [-0.39, 0.29) is 28.1 Å². The molecule has 11 heteroatoms. The zero-order valence-electron chi connectivity index (χ0n) is 18.4. The maximum Gasteiger partial charge on any atom is 0.243 e. The molecule has 4 aromatic rings. The van der Waals surface area contributed by atoms with E-state index in [1.165, 1.54) is 16.7 Å².